The summed E-state index contributed by atoms with van der Waals surface area (Å²) in [6.07, 6.45) is -4.59. The van der Waals surface area contributed by atoms with E-state index in [1.54, 1.807) is 0 Å². The van der Waals surface area contributed by atoms with Crippen molar-refractivity contribution in [1.29, 1.82) is 0 Å². The molecule has 4 N–H and O–H groups in total. The second-order valence-electron chi connectivity index (χ2n) is 4.79. The molecular weight excluding hydrogens is 261 g/mol. The number of amides is 2. The number of rotatable bonds is 3. The van der Waals surface area contributed by atoms with Crippen molar-refractivity contribution in [2.24, 2.45) is 5.73 Å². The maximum absolute atomic E-state index is 13.0. The lowest BCUT2D eigenvalue weighted by Gasteiger charge is -2.26. The van der Waals surface area contributed by atoms with Crippen molar-refractivity contribution < 1.29 is 23.1 Å². The summed E-state index contributed by atoms with van der Waals surface area (Å²) in [4.78, 5) is 10.7. The van der Waals surface area contributed by atoms with Crippen LogP contribution >= 0.6 is 0 Å². The minimum atomic E-state index is -4.59. The highest BCUT2D eigenvalue weighted by Gasteiger charge is 2.37. The van der Waals surface area contributed by atoms with Crippen molar-refractivity contribution in [2.45, 2.75) is 25.4 Å². The lowest BCUT2D eigenvalue weighted by molar-refractivity contribution is -0.138. The Balaban J connectivity index is 3.37. The van der Waals surface area contributed by atoms with Gasteiger partial charge in [-0.25, -0.2) is 4.79 Å². The van der Waals surface area contributed by atoms with Crippen LogP contribution in [0.4, 0.5) is 23.7 Å². The molecule has 0 spiro atoms. The Hall–Kier alpha value is -1.76. The topological polar surface area (TPSA) is 75.3 Å². The Labute approximate surface area is 108 Å². The molecular formula is C12H15F3N2O2. The lowest BCUT2D eigenvalue weighted by Crippen LogP contribution is -2.27. The third kappa shape index (κ3) is 3.60. The molecule has 1 aromatic rings. The summed E-state index contributed by atoms with van der Waals surface area (Å²) in [6.45, 7) is 2.57. The molecule has 0 fully saturated rings. The van der Waals surface area contributed by atoms with Gasteiger partial charge < -0.3 is 16.2 Å². The fourth-order valence-corrected chi connectivity index (χ4v) is 1.67. The molecule has 0 aliphatic carbocycles. The number of anilines is 1. The average Bonchev–Trinajstić information content (AvgIpc) is 2.26. The van der Waals surface area contributed by atoms with E-state index in [4.69, 9.17) is 5.73 Å². The van der Waals surface area contributed by atoms with E-state index in [-0.39, 0.29) is 11.3 Å². The molecule has 2 amide bonds. The summed E-state index contributed by atoms with van der Waals surface area (Å²) in [6, 6.07) is 2.40. The highest BCUT2D eigenvalue weighted by Crippen LogP contribution is 2.38. The molecule has 0 aliphatic heterocycles. The van der Waals surface area contributed by atoms with Crippen molar-refractivity contribution in [1.82, 2.24) is 0 Å². The predicted octanol–water partition coefficient (Wildman–Crippen LogP) is 2.47. The number of hydrogen-bond acceptors (Lipinski definition) is 2. The molecule has 0 aliphatic rings. The van der Waals surface area contributed by atoms with Gasteiger partial charge in [-0.2, -0.15) is 13.2 Å². The van der Waals surface area contributed by atoms with E-state index in [1.807, 2.05) is 0 Å². The fraction of sp³-hybridized carbons (Fsp3) is 0.417. The second kappa shape index (κ2) is 5.08. The molecule has 106 valence electrons. The number of alkyl halides is 3. The zero-order valence-corrected chi connectivity index (χ0v) is 10.5. The summed E-state index contributed by atoms with van der Waals surface area (Å²) < 4.78 is 39.0. The van der Waals surface area contributed by atoms with Crippen molar-refractivity contribution in [3.8, 4) is 0 Å². The quantitative estimate of drug-likeness (QED) is 0.793. The molecule has 1 aromatic carbocycles. The van der Waals surface area contributed by atoms with Crippen molar-refractivity contribution in [3.63, 3.8) is 0 Å². The summed E-state index contributed by atoms with van der Waals surface area (Å²) in [7, 11) is 0. The van der Waals surface area contributed by atoms with Gasteiger partial charge in [0.25, 0.3) is 0 Å². The van der Waals surface area contributed by atoms with Gasteiger partial charge in [0.2, 0.25) is 0 Å². The Morgan fingerprint density at radius 2 is 1.89 bits per heavy atom. The molecule has 4 nitrogen and oxygen atoms in total. The number of benzene rings is 1. The first kappa shape index (κ1) is 15.3. The number of carbonyl (C=O) groups excluding carboxylic acids is 1. The molecule has 0 bridgehead atoms. The van der Waals surface area contributed by atoms with Crippen molar-refractivity contribution in [3.05, 3.63) is 29.3 Å². The zero-order valence-electron chi connectivity index (χ0n) is 10.5. The van der Waals surface area contributed by atoms with Crippen LogP contribution in [0.2, 0.25) is 0 Å². The molecule has 0 unspecified atom stereocenters. The van der Waals surface area contributed by atoms with Gasteiger partial charge in [0, 0.05) is 11.1 Å². The number of aliphatic hydroxyl groups excluding tert-OH is 1. The molecule has 0 atom stereocenters. The summed E-state index contributed by atoms with van der Waals surface area (Å²) in [5.41, 5.74) is 2.82. The molecule has 19 heavy (non-hydrogen) atoms. The van der Waals surface area contributed by atoms with Crippen molar-refractivity contribution >= 4 is 11.7 Å². The van der Waals surface area contributed by atoms with Gasteiger partial charge in [0.15, 0.2) is 0 Å². The molecule has 0 saturated carbocycles. The van der Waals surface area contributed by atoms with E-state index in [0.717, 1.165) is 6.07 Å². The van der Waals surface area contributed by atoms with Crippen LogP contribution in [0.1, 0.15) is 25.0 Å². The van der Waals surface area contributed by atoms with Crippen LogP contribution in [0.15, 0.2) is 18.2 Å². The smallest absolute Gasteiger partial charge is 0.395 e. The molecule has 0 aromatic heterocycles. The van der Waals surface area contributed by atoms with E-state index in [2.05, 4.69) is 5.32 Å². The SMILES string of the molecule is CC(C)(CO)c1ccc(NC(N)=O)cc1C(F)(F)F. The number of nitrogens with one attached hydrogen (secondary N) is 1. The van der Waals surface area contributed by atoms with Gasteiger partial charge in [-0.3, -0.25) is 0 Å². The van der Waals surface area contributed by atoms with Gasteiger partial charge in [-0.15, -0.1) is 0 Å². The first-order valence-corrected chi connectivity index (χ1v) is 5.47. The minimum absolute atomic E-state index is 0.0440. The summed E-state index contributed by atoms with van der Waals surface area (Å²) >= 11 is 0. The van der Waals surface area contributed by atoms with Crippen LogP contribution in [-0.4, -0.2) is 17.7 Å². The third-order valence-corrected chi connectivity index (χ3v) is 2.72. The van der Waals surface area contributed by atoms with Gasteiger partial charge in [0.05, 0.1) is 12.2 Å². The van der Waals surface area contributed by atoms with Crippen LogP contribution in [0.3, 0.4) is 0 Å². The first-order valence-electron chi connectivity index (χ1n) is 5.47. The number of carbonyl (C=O) groups is 1. The maximum Gasteiger partial charge on any atom is 0.416 e. The average molecular weight is 276 g/mol. The highest BCUT2D eigenvalue weighted by molar-refractivity contribution is 5.87. The van der Waals surface area contributed by atoms with Gasteiger partial charge in [-0.05, 0) is 17.7 Å². The van der Waals surface area contributed by atoms with Gasteiger partial charge in [-0.1, -0.05) is 19.9 Å². The van der Waals surface area contributed by atoms with Crippen LogP contribution in [-0.2, 0) is 11.6 Å². The molecule has 1 rings (SSSR count). The van der Waals surface area contributed by atoms with Gasteiger partial charge in [0.1, 0.15) is 0 Å². The maximum atomic E-state index is 13.0. The van der Waals surface area contributed by atoms with Crippen LogP contribution < -0.4 is 11.1 Å². The third-order valence-electron chi connectivity index (χ3n) is 2.72. The van der Waals surface area contributed by atoms with Crippen LogP contribution in [0.5, 0.6) is 0 Å². The number of halogens is 3. The van der Waals surface area contributed by atoms with Crippen molar-refractivity contribution in [2.75, 3.05) is 11.9 Å². The standard InChI is InChI=1S/C12H15F3N2O2/c1-11(2,6-18)8-4-3-7(17-10(16)19)5-9(8)12(13,14)15/h3-5,18H,6H2,1-2H3,(H3,16,17,19). The second-order valence-corrected chi connectivity index (χ2v) is 4.79. The normalized spacial score (nSPS) is 12.3. The number of aliphatic hydroxyl groups is 1. The number of hydrogen-bond donors (Lipinski definition) is 3. The first-order chi connectivity index (χ1) is 8.58. The van der Waals surface area contributed by atoms with E-state index in [0.29, 0.717) is 0 Å². The van der Waals surface area contributed by atoms with Gasteiger partial charge >= 0.3 is 12.2 Å². The van der Waals surface area contributed by atoms with Crippen LogP contribution in [0.25, 0.3) is 0 Å². The van der Waals surface area contributed by atoms with E-state index >= 15 is 0 Å². The van der Waals surface area contributed by atoms with Crippen LogP contribution in [0, 0.1) is 0 Å². The largest absolute Gasteiger partial charge is 0.416 e. The fourth-order valence-electron chi connectivity index (χ4n) is 1.67. The Morgan fingerprint density at radius 1 is 1.32 bits per heavy atom. The number of primary amides is 1. The lowest BCUT2D eigenvalue weighted by atomic mass is 9.82. The van der Waals surface area contributed by atoms with E-state index < -0.39 is 29.8 Å². The Bertz CT molecular complexity index is 484. The van der Waals surface area contributed by atoms with E-state index in [1.165, 1.54) is 26.0 Å². The zero-order chi connectivity index (χ0) is 14.8. The predicted molar refractivity (Wildman–Crippen MR) is 64.8 cm³/mol. The molecule has 0 heterocycles. The molecule has 0 radical (unpaired) electrons. The molecule has 0 saturated heterocycles. The monoisotopic (exact) mass is 276 g/mol. The molecule has 7 heteroatoms. The number of nitrogens with two attached hydrogens (primary N) is 1. The van der Waals surface area contributed by atoms with E-state index in [9.17, 15) is 23.1 Å². The summed E-state index contributed by atoms with van der Waals surface area (Å²) in [5.74, 6) is 0. The minimum Gasteiger partial charge on any atom is -0.395 e. The number of urea groups is 1. The highest BCUT2D eigenvalue weighted by atomic mass is 19.4. The Kier molecular flexibility index (Phi) is 4.09. The summed E-state index contributed by atoms with van der Waals surface area (Å²) in [5, 5.41) is 11.3. The Morgan fingerprint density at radius 3 is 2.32 bits per heavy atom.